The highest BCUT2D eigenvalue weighted by atomic mass is 16.6. The van der Waals surface area contributed by atoms with Crippen LogP contribution in [0.25, 0.3) is 12.2 Å². The number of hydrogen-bond acceptors (Lipinski definition) is 8. The van der Waals surface area contributed by atoms with Crippen molar-refractivity contribution in [1.29, 1.82) is 0 Å². The Balaban J connectivity index is 2.05. The van der Waals surface area contributed by atoms with Gasteiger partial charge in [0, 0.05) is 75.9 Å². The molecule has 0 bridgehead atoms. The lowest BCUT2D eigenvalue weighted by molar-refractivity contribution is -0.385. The number of Topliss-reactive ketones (excluding diaryl/α,β-unsaturated/α-hetero) is 1. The second-order valence-electron chi connectivity index (χ2n) is 8.63. The SMILES string of the molecule is CN1C/C(=C/c2ccc(N(C)C)cc2[N+](=O)[O-])C(=O)/C(=C/c2ccc(N(C)C)cc2[N+](=O)[O-])C1. The van der Waals surface area contributed by atoms with Gasteiger partial charge in [-0.2, -0.15) is 0 Å². The maximum absolute atomic E-state index is 13.3. The van der Waals surface area contributed by atoms with Crippen LogP contribution in [0.3, 0.4) is 0 Å². The maximum Gasteiger partial charge on any atom is 0.278 e. The Kier molecular flexibility index (Phi) is 7.11. The fraction of sp³-hybridized carbons (Fsp3) is 0.292. The van der Waals surface area contributed by atoms with E-state index in [4.69, 9.17) is 0 Å². The van der Waals surface area contributed by atoms with Gasteiger partial charge in [0.25, 0.3) is 11.4 Å². The van der Waals surface area contributed by atoms with Gasteiger partial charge in [-0.3, -0.25) is 29.9 Å². The zero-order valence-electron chi connectivity index (χ0n) is 19.8. The number of carbonyl (C=O) groups is 1. The molecule has 1 heterocycles. The molecule has 0 atom stereocenters. The molecule has 2 aromatic rings. The molecule has 0 aromatic heterocycles. The average molecular weight is 466 g/mol. The number of rotatable bonds is 6. The smallest absolute Gasteiger partial charge is 0.278 e. The van der Waals surface area contributed by atoms with Crippen molar-refractivity contribution in [2.75, 3.05) is 58.1 Å². The monoisotopic (exact) mass is 465 g/mol. The minimum atomic E-state index is -0.469. The molecule has 1 saturated heterocycles. The van der Waals surface area contributed by atoms with Crippen molar-refractivity contribution >= 4 is 40.7 Å². The predicted molar refractivity (Wildman–Crippen MR) is 133 cm³/mol. The third-order valence-corrected chi connectivity index (χ3v) is 5.58. The van der Waals surface area contributed by atoms with Crippen LogP contribution in [0.15, 0.2) is 47.5 Å². The van der Waals surface area contributed by atoms with Gasteiger partial charge in [-0.05, 0) is 43.5 Å². The summed E-state index contributed by atoms with van der Waals surface area (Å²) in [6, 6.07) is 9.68. The van der Waals surface area contributed by atoms with Crippen LogP contribution in [0, 0.1) is 20.2 Å². The third-order valence-electron chi connectivity index (χ3n) is 5.58. The van der Waals surface area contributed by atoms with Crippen molar-refractivity contribution in [2.24, 2.45) is 0 Å². The molecule has 178 valence electrons. The van der Waals surface area contributed by atoms with E-state index in [1.54, 1.807) is 62.3 Å². The van der Waals surface area contributed by atoms with Gasteiger partial charge in [-0.25, -0.2) is 0 Å². The molecule has 1 fully saturated rings. The molecule has 0 saturated carbocycles. The van der Waals surface area contributed by atoms with E-state index in [0.717, 1.165) is 0 Å². The second-order valence-corrected chi connectivity index (χ2v) is 8.63. The topological polar surface area (TPSA) is 113 Å². The van der Waals surface area contributed by atoms with Crippen molar-refractivity contribution in [2.45, 2.75) is 0 Å². The molecule has 0 amide bonds. The first-order valence-corrected chi connectivity index (χ1v) is 10.5. The fourth-order valence-electron chi connectivity index (χ4n) is 3.77. The molecule has 0 radical (unpaired) electrons. The molecule has 0 spiro atoms. The van der Waals surface area contributed by atoms with E-state index in [9.17, 15) is 25.0 Å². The van der Waals surface area contributed by atoms with Crippen LogP contribution in [-0.4, -0.2) is 68.9 Å². The lowest BCUT2D eigenvalue weighted by Crippen LogP contribution is -2.34. The summed E-state index contributed by atoms with van der Waals surface area (Å²) in [4.78, 5) is 41.0. The Morgan fingerprint density at radius 1 is 0.794 bits per heavy atom. The number of nitrogens with zero attached hydrogens (tertiary/aromatic N) is 5. The van der Waals surface area contributed by atoms with Gasteiger partial charge >= 0.3 is 0 Å². The summed E-state index contributed by atoms with van der Waals surface area (Å²) in [7, 11) is 8.98. The van der Waals surface area contributed by atoms with Gasteiger partial charge in [-0.1, -0.05) is 0 Å². The number of ketones is 1. The Bertz CT molecular complexity index is 1120. The Labute approximate surface area is 197 Å². The summed E-state index contributed by atoms with van der Waals surface area (Å²) in [5.74, 6) is -0.282. The highest BCUT2D eigenvalue weighted by Gasteiger charge is 2.26. The van der Waals surface area contributed by atoms with Gasteiger partial charge in [-0.15, -0.1) is 0 Å². The normalized spacial score (nSPS) is 16.7. The Morgan fingerprint density at radius 2 is 1.18 bits per heavy atom. The number of likely N-dealkylation sites (N-methyl/N-ethyl adjacent to an activating group) is 1. The van der Waals surface area contributed by atoms with E-state index in [0.29, 0.717) is 46.7 Å². The summed E-state index contributed by atoms with van der Waals surface area (Å²) >= 11 is 0. The summed E-state index contributed by atoms with van der Waals surface area (Å²) in [5, 5.41) is 23.3. The number of hydrogen-bond donors (Lipinski definition) is 0. The summed E-state index contributed by atoms with van der Waals surface area (Å²) in [6.45, 7) is 0.620. The highest BCUT2D eigenvalue weighted by Crippen LogP contribution is 2.31. The molecule has 3 rings (SSSR count). The number of benzene rings is 2. The number of anilines is 2. The summed E-state index contributed by atoms with van der Waals surface area (Å²) in [6.07, 6.45) is 3.07. The first kappa shape index (κ1) is 24.6. The quantitative estimate of drug-likeness (QED) is 0.361. The van der Waals surface area contributed by atoms with Gasteiger partial charge in [0.1, 0.15) is 0 Å². The minimum absolute atomic E-state index is 0.0971. The standard InChI is InChI=1S/C24H27N5O5/c1-25(2)20-8-6-16(22(12-20)28(31)32)10-18-14-27(5)15-19(24(18)30)11-17-7-9-21(26(3)4)13-23(17)29(33)34/h6-13H,14-15H2,1-5H3/b18-10-,19-11+. The summed E-state index contributed by atoms with van der Waals surface area (Å²) in [5.41, 5.74) is 2.58. The van der Waals surface area contributed by atoms with E-state index >= 15 is 0 Å². The van der Waals surface area contributed by atoms with Crippen LogP contribution in [0.4, 0.5) is 22.7 Å². The molecular formula is C24H27N5O5. The largest absolute Gasteiger partial charge is 0.377 e. The molecule has 1 aliphatic heterocycles. The van der Waals surface area contributed by atoms with E-state index < -0.39 is 9.85 Å². The van der Waals surface area contributed by atoms with Crippen molar-refractivity contribution < 1.29 is 14.6 Å². The molecule has 0 unspecified atom stereocenters. The van der Waals surface area contributed by atoms with Gasteiger partial charge in [0.2, 0.25) is 0 Å². The van der Waals surface area contributed by atoms with E-state index in [1.807, 2.05) is 11.9 Å². The maximum atomic E-state index is 13.3. The van der Waals surface area contributed by atoms with Crippen LogP contribution in [0.1, 0.15) is 11.1 Å². The summed E-state index contributed by atoms with van der Waals surface area (Å²) < 4.78 is 0. The Hall–Kier alpha value is -4.05. The zero-order chi connectivity index (χ0) is 25.2. The van der Waals surface area contributed by atoms with E-state index in [2.05, 4.69) is 0 Å². The molecule has 0 N–H and O–H groups in total. The third kappa shape index (κ3) is 5.29. The minimum Gasteiger partial charge on any atom is -0.377 e. The molecule has 1 aliphatic rings. The van der Waals surface area contributed by atoms with Gasteiger partial charge in [0.05, 0.1) is 21.0 Å². The lowest BCUT2D eigenvalue weighted by Gasteiger charge is -2.26. The van der Waals surface area contributed by atoms with Crippen LogP contribution >= 0.6 is 0 Å². The molecular weight excluding hydrogens is 438 g/mol. The fourth-order valence-corrected chi connectivity index (χ4v) is 3.77. The van der Waals surface area contributed by atoms with Gasteiger partial charge < -0.3 is 9.80 Å². The number of carbonyl (C=O) groups excluding carboxylic acids is 1. The first-order valence-electron chi connectivity index (χ1n) is 10.5. The van der Waals surface area contributed by atoms with Gasteiger partial charge in [0.15, 0.2) is 5.78 Å². The first-order chi connectivity index (χ1) is 16.0. The molecule has 2 aromatic carbocycles. The van der Waals surface area contributed by atoms with Crippen molar-refractivity contribution in [1.82, 2.24) is 4.90 Å². The van der Waals surface area contributed by atoms with Crippen molar-refractivity contribution in [3.63, 3.8) is 0 Å². The van der Waals surface area contributed by atoms with Crippen LogP contribution in [-0.2, 0) is 4.79 Å². The van der Waals surface area contributed by atoms with Crippen LogP contribution in [0.5, 0.6) is 0 Å². The molecule has 0 aliphatic carbocycles. The second kappa shape index (κ2) is 9.84. The van der Waals surface area contributed by atoms with Crippen molar-refractivity contribution in [3.8, 4) is 0 Å². The van der Waals surface area contributed by atoms with E-state index in [-0.39, 0.29) is 17.2 Å². The van der Waals surface area contributed by atoms with Crippen LogP contribution in [0.2, 0.25) is 0 Å². The average Bonchev–Trinajstić information content (AvgIpc) is 2.76. The number of likely N-dealkylation sites (tertiary alicyclic amines) is 1. The zero-order valence-corrected chi connectivity index (χ0v) is 19.8. The van der Waals surface area contributed by atoms with Crippen LogP contribution < -0.4 is 9.80 Å². The molecule has 34 heavy (non-hydrogen) atoms. The number of piperidine rings is 1. The van der Waals surface area contributed by atoms with Crippen molar-refractivity contribution in [3.05, 3.63) is 78.9 Å². The number of nitro groups is 2. The van der Waals surface area contributed by atoms with E-state index in [1.165, 1.54) is 24.3 Å². The predicted octanol–water partition coefficient (Wildman–Crippen LogP) is 3.62. The molecule has 10 nitrogen and oxygen atoms in total. The number of nitro benzene ring substituents is 2. The Morgan fingerprint density at radius 3 is 1.50 bits per heavy atom. The molecule has 10 heteroatoms. The lowest BCUT2D eigenvalue weighted by atomic mass is 9.94. The highest BCUT2D eigenvalue weighted by molar-refractivity contribution is 6.15.